The van der Waals surface area contributed by atoms with Crippen molar-refractivity contribution in [3.63, 3.8) is 0 Å². The van der Waals surface area contributed by atoms with Crippen molar-refractivity contribution in [1.82, 2.24) is 9.97 Å². The number of rotatable bonds is 4. The Kier molecular flexibility index (Phi) is 8.67. The van der Waals surface area contributed by atoms with Crippen molar-refractivity contribution in [3.05, 3.63) is 121 Å². The van der Waals surface area contributed by atoms with E-state index in [0.717, 1.165) is 66.7 Å². The van der Waals surface area contributed by atoms with Gasteiger partial charge in [-0.15, -0.1) is 18.2 Å². The maximum Gasteiger partial charge on any atom is 0.216 e. The van der Waals surface area contributed by atoms with Crippen molar-refractivity contribution in [1.29, 1.82) is 0 Å². The standard InChI is InChI=1S/C31H19N2O2.C5H8O2.Ir/c1-19-15-16-23-22-13-8-14-24(30(22)35-31(23)33-19)26-17-27-25(18-32-26)28(20-9-4-2-5-10-20)29(34-27)21-11-6-3-7-12-21;1-4(6)3-5(2)7;/h2-13,15-18H,1H3;3,6H,1-2H3;/q-1;;/b;4-3-;. The van der Waals surface area contributed by atoms with Crippen LogP contribution in [0.3, 0.4) is 0 Å². The van der Waals surface area contributed by atoms with E-state index in [9.17, 15) is 4.79 Å². The molecule has 1 radical (unpaired) electrons. The molecule has 7 rings (SSSR count). The topological polar surface area (TPSA) is 89.4 Å². The molecule has 0 spiro atoms. The Hall–Kier alpha value is -4.84. The van der Waals surface area contributed by atoms with Crippen LogP contribution >= 0.6 is 0 Å². The Bertz CT molecular complexity index is 2090. The number of aliphatic hydroxyl groups is 1. The van der Waals surface area contributed by atoms with Crippen molar-refractivity contribution in [2.45, 2.75) is 20.8 Å². The number of aryl methyl sites for hydroxylation is 1. The van der Waals surface area contributed by atoms with Crippen LogP contribution in [-0.2, 0) is 24.9 Å². The fourth-order valence-electron chi connectivity index (χ4n) is 5.01. The van der Waals surface area contributed by atoms with Crippen molar-refractivity contribution in [2.75, 3.05) is 0 Å². The van der Waals surface area contributed by atoms with Gasteiger partial charge in [0, 0.05) is 60.0 Å². The summed E-state index contributed by atoms with van der Waals surface area (Å²) in [6.07, 6.45) is 3.06. The summed E-state index contributed by atoms with van der Waals surface area (Å²) in [5.41, 5.74) is 7.72. The van der Waals surface area contributed by atoms with Gasteiger partial charge < -0.3 is 18.9 Å². The summed E-state index contributed by atoms with van der Waals surface area (Å²) in [6.45, 7) is 4.81. The molecule has 43 heavy (non-hydrogen) atoms. The van der Waals surface area contributed by atoms with E-state index in [0.29, 0.717) is 5.71 Å². The van der Waals surface area contributed by atoms with Crippen molar-refractivity contribution >= 4 is 38.8 Å². The third-order valence-electron chi connectivity index (χ3n) is 6.78. The van der Waals surface area contributed by atoms with E-state index >= 15 is 0 Å². The quantitative estimate of drug-likeness (QED) is 0.110. The Morgan fingerprint density at radius 2 is 1.56 bits per heavy atom. The molecule has 0 saturated heterocycles. The Labute approximate surface area is 262 Å². The number of hydrogen-bond donors (Lipinski definition) is 1. The summed E-state index contributed by atoms with van der Waals surface area (Å²) < 4.78 is 12.7. The third kappa shape index (κ3) is 6.05. The van der Waals surface area contributed by atoms with E-state index in [1.54, 1.807) is 0 Å². The number of nitrogens with zero attached hydrogens (tertiary/aromatic N) is 2. The zero-order chi connectivity index (χ0) is 29.2. The molecule has 0 unspecified atom stereocenters. The minimum absolute atomic E-state index is 0. The Morgan fingerprint density at radius 3 is 2.21 bits per heavy atom. The number of ketones is 1. The van der Waals surface area contributed by atoms with Crippen molar-refractivity contribution < 1.29 is 38.8 Å². The van der Waals surface area contributed by atoms with Gasteiger partial charge in [-0.2, -0.15) is 0 Å². The first-order valence-electron chi connectivity index (χ1n) is 13.5. The second kappa shape index (κ2) is 12.6. The molecule has 0 bridgehead atoms. The van der Waals surface area contributed by atoms with Gasteiger partial charge in [0.15, 0.2) is 5.78 Å². The van der Waals surface area contributed by atoms with Gasteiger partial charge in [0.25, 0.3) is 0 Å². The summed E-state index contributed by atoms with van der Waals surface area (Å²) in [7, 11) is 0. The second-order valence-corrected chi connectivity index (χ2v) is 10.0. The zero-order valence-electron chi connectivity index (χ0n) is 23.7. The maximum absolute atomic E-state index is 10.0. The summed E-state index contributed by atoms with van der Waals surface area (Å²) in [6, 6.07) is 33.7. The number of aliphatic hydroxyl groups excluding tert-OH is 1. The summed E-state index contributed by atoms with van der Waals surface area (Å²) in [4.78, 5) is 19.4. The molecule has 0 aliphatic rings. The molecule has 215 valence electrons. The van der Waals surface area contributed by atoms with Crippen LogP contribution in [0.25, 0.3) is 66.7 Å². The smallest absolute Gasteiger partial charge is 0.216 e. The number of carbonyl (C=O) groups excluding carboxylic acids is 1. The van der Waals surface area contributed by atoms with Gasteiger partial charge in [-0.05, 0) is 50.2 Å². The van der Waals surface area contributed by atoms with E-state index < -0.39 is 0 Å². The summed E-state index contributed by atoms with van der Waals surface area (Å²) in [5, 5.41) is 11.3. The molecule has 0 amide bonds. The van der Waals surface area contributed by atoms with E-state index in [-0.39, 0.29) is 31.6 Å². The van der Waals surface area contributed by atoms with Crippen LogP contribution in [-0.4, -0.2) is 20.9 Å². The fraction of sp³-hybridized carbons (Fsp3) is 0.0833. The van der Waals surface area contributed by atoms with Gasteiger partial charge in [0.05, 0.1) is 11.3 Å². The van der Waals surface area contributed by atoms with Crippen LogP contribution < -0.4 is 0 Å². The number of carbonyl (C=O) groups is 1. The fourth-order valence-corrected chi connectivity index (χ4v) is 5.01. The molecule has 0 fully saturated rings. The molecule has 0 aliphatic heterocycles. The second-order valence-electron chi connectivity index (χ2n) is 10.0. The number of pyridine rings is 2. The molecule has 3 aromatic carbocycles. The molecule has 0 atom stereocenters. The van der Waals surface area contributed by atoms with Crippen LogP contribution in [0.2, 0.25) is 0 Å². The molecule has 6 nitrogen and oxygen atoms in total. The van der Waals surface area contributed by atoms with Gasteiger partial charge in [-0.1, -0.05) is 71.6 Å². The SMILES string of the molecule is CC(=O)/C=C(/C)O.Cc1ccc2c(n1)oc1c(-c3cc4oc(-c5ccccc5)c(-c5ccccc5)c4cn3)[c-]ccc12.[Ir]. The number of hydrogen-bond acceptors (Lipinski definition) is 6. The number of allylic oxidation sites excluding steroid dienone is 2. The van der Waals surface area contributed by atoms with E-state index in [1.807, 2.05) is 73.8 Å². The number of fused-ring (bicyclic) bond motifs is 4. The van der Waals surface area contributed by atoms with Crippen molar-refractivity contribution in [3.8, 4) is 33.7 Å². The van der Waals surface area contributed by atoms with Gasteiger partial charge in [0.2, 0.25) is 5.71 Å². The van der Waals surface area contributed by atoms with Crippen LogP contribution in [0.5, 0.6) is 0 Å². The molecule has 0 saturated carbocycles. The molecule has 4 heterocycles. The predicted molar refractivity (Wildman–Crippen MR) is 166 cm³/mol. The molecule has 0 aliphatic carbocycles. The Balaban J connectivity index is 0.000000415. The molecule has 7 aromatic rings. The van der Waals surface area contributed by atoms with Crippen molar-refractivity contribution in [2.24, 2.45) is 0 Å². The first-order chi connectivity index (χ1) is 20.4. The number of furan rings is 2. The van der Waals surface area contributed by atoms with Gasteiger partial charge in [-0.25, -0.2) is 4.98 Å². The number of benzene rings is 3. The van der Waals surface area contributed by atoms with Gasteiger partial charge in [0.1, 0.15) is 11.3 Å². The third-order valence-corrected chi connectivity index (χ3v) is 6.78. The first kappa shape index (κ1) is 29.6. The average molecular weight is 744 g/mol. The Morgan fingerprint density at radius 1 is 0.860 bits per heavy atom. The largest absolute Gasteiger partial charge is 0.512 e. The van der Waals surface area contributed by atoms with Crippen LogP contribution in [0, 0.1) is 13.0 Å². The monoisotopic (exact) mass is 744 g/mol. The number of aromatic nitrogens is 2. The minimum atomic E-state index is -0.125. The summed E-state index contributed by atoms with van der Waals surface area (Å²) in [5.74, 6) is 0.767. The molecular weight excluding hydrogens is 717 g/mol. The minimum Gasteiger partial charge on any atom is -0.512 e. The first-order valence-corrected chi connectivity index (χ1v) is 13.5. The molecule has 7 heteroatoms. The molecular formula is C36H27IrN2O4-. The van der Waals surface area contributed by atoms with E-state index in [1.165, 1.54) is 19.9 Å². The van der Waals surface area contributed by atoms with E-state index in [2.05, 4.69) is 41.4 Å². The maximum atomic E-state index is 10.0. The summed E-state index contributed by atoms with van der Waals surface area (Å²) >= 11 is 0. The van der Waals surface area contributed by atoms with Crippen LogP contribution in [0.15, 0.2) is 118 Å². The molecule has 4 aromatic heterocycles. The van der Waals surface area contributed by atoms with E-state index in [4.69, 9.17) is 18.9 Å². The normalized spacial score (nSPS) is 11.3. The van der Waals surface area contributed by atoms with Crippen LogP contribution in [0.4, 0.5) is 0 Å². The predicted octanol–water partition coefficient (Wildman–Crippen LogP) is 9.27. The average Bonchev–Trinajstić information content (AvgIpc) is 3.55. The van der Waals surface area contributed by atoms with Gasteiger partial charge >= 0.3 is 0 Å². The van der Waals surface area contributed by atoms with Crippen LogP contribution in [0.1, 0.15) is 19.5 Å². The van der Waals surface area contributed by atoms with Gasteiger partial charge in [-0.3, -0.25) is 4.79 Å². The molecule has 1 N–H and O–H groups in total. The zero-order valence-corrected chi connectivity index (χ0v) is 26.1.